The molecule has 1 aliphatic rings. The molecule has 7 nitrogen and oxygen atoms in total. The highest BCUT2D eigenvalue weighted by Gasteiger charge is 2.24. The molecule has 0 unspecified atom stereocenters. The van der Waals surface area contributed by atoms with Gasteiger partial charge in [0.15, 0.2) is 5.75 Å². The third kappa shape index (κ3) is 4.75. The maximum Gasteiger partial charge on any atom is 0.217 e. The van der Waals surface area contributed by atoms with Crippen molar-refractivity contribution in [3.8, 4) is 17.0 Å². The number of aromatic nitrogens is 2. The van der Waals surface area contributed by atoms with Crippen LogP contribution in [-0.2, 0) is 11.4 Å². The minimum Gasteiger partial charge on any atom is -0.505 e. The molecule has 0 radical (unpaired) electrons. The van der Waals surface area contributed by atoms with Crippen LogP contribution in [-0.4, -0.2) is 32.1 Å². The number of pyridine rings is 2. The highest BCUT2D eigenvalue weighted by Crippen LogP contribution is 2.37. The summed E-state index contributed by atoms with van der Waals surface area (Å²) in [7, 11) is 0. The summed E-state index contributed by atoms with van der Waals surface area (Å²) in [4.78, 5) is 20.4. The Hall–Kier alpha value is -2.61. The molecule has 2 aromatic heterocycles. The minimum absolute atomic E-state index is 0.141. The number of phenolic OH excluding ortho intramolecular Hbond substituents is 1. The molecule has 32 heavy (non-hydrogen) atoms. The molecular formula is C23H24Cl2N4O3. The summed E-state index contributed by atoms with van der Waals surface area (Å²) in [6.45, 7) is -0.176. The second kappa shape index (κ2) is 9.48. The number of halogens is 2. The summed E-state index contributed by atoms with van der Waals surface area (Å²) < 4.78 is 0. The standard InChI is InChI=1S/C23H24Cl2N4O3/c24-16-8-13(9-17(25)23(16)32)18-5-6-19-22(29-18)21(14(11-30)10-27-19)28-15-3-1-12(2-4-15)7-20(26)31/h5-6,8-10,12,15,30,32H,1-4,7,11H2,(H2,26,31)(H,27,28). The molecule has 9 heteroatoms. The first kappa shape index (κ1) is 22.6. The van der Waals surface area contributed by atoms with Gasteiger partial charge in [-0.15, -0.1) is 0 Å². The van der Waals surface area contributed by atoms with Crippen LogP contribution in [0.3, 0.4) is 0 Å². The fourth-order valence-corrected chi connectivity index (χ4v) is 4.75. The Morgan fingerprint density at radius 3 is 2.47 bits per heavy atom. The predicted molar refractivity (Wildman–Crippen MR) is 126 cm³/mol. The maximum atomic E-state index is 11.2. The van der Waals surface area contributed by atoms with Crippen LogP contribution in [0.1, 0.15) is 37.7 Å². The second-order valence-corrected chi connectivity index (χ2v) is 9.02. The van der Waals surface area contributed by atoms with E-state index in [-0.39, 0.29) is 34.4 Å². The van der Waals surface area contributed by atoms with E-state index in [2.05, 4.69) is 10.3 Å². The number of primary amides is 1. The number of anilines is 1. The van der Waals surface area contributed by atoms with E-state index in [0.29, 0.717) is 40.2 Å². The molecule has 1 aromatic carbocycles. The van der Waals surface area contributed by atoms with Gasteiger partial charge in [0.1, 0.15) is 5.52 Å². The zero-order valence-electron chi connectivity index (χ0n) is 17.3. The van der Waals surface area contributed by atoms with Crippen LogP contribution in [0.2, 0.25) is 10.0 Å². The first-order valence-corrected chi connectivity index (χ1v) is 11.2. The number of fused-ring (bicyclic) bond motifs is 1. The van der Waals surface area contributed by atoms with E-state index in [1.54, 1.807) is 18.3 Å². The first-order valence-electron chi connectivity index (χ1n) is 10.5. The summed E-state index contributed by atoms with van der Waals surface area (Å²) in [5, 5.41) is 23.6. The third-order valence-electron chi connectivity index (χ3n) is 5.96. The Kier molecular flexibility index (Phi) is 6.69. The average Bonchev–Trinajstić information content (AvgIpc) is 2.78. The molecule has 5 N–H and O–H groups in total. The molecule has 0 saturated heterocycles. The van der Waals surface area contributed by atoms with Gasteiger partial charge in [-0.25, -0.2) is 4.98 Å². The Labute approximate surface area is 195 Å². The Morgan fingerprint density at radius 2 is 1.84 bits per heavy atom. The quantitative estimate of drug-likeness (QED) is 0.412. The van der Waals surface area contributed by atoms with Crippen LogP contribution in [0.4, 0.5) is 5.69 Å². The van der Waals surface area contributed by atoms with Crippen molar-refractivity contribution >= 4 is 45.8 Å². The maximum absolute atomic E-state index is 11.2. The lowest BCUT2D eigenvalue weighted by Crippen LogP contribution is -2.28. The van der Waals surface area contributed by atoms with Gasteiger partial charge in [0.2, 0.25) is 5.91 Å². The fourth-order valence-electron chi connectivity index (χ4n) is 4.26. The monoisotopic (exact) mass is 474 g/mol. The number of aromatic hydroxyl groups is 1. The molecule has 1 saturated carbocycles. The molecule has 1 fully saturated rings. The van der Waals surface area contributed by atoms with Crippen molar-refractivity contribution in [3.63, 3.8) is 0 Å². The number of nitrogens with one attached hydrogen (secondary N) is 1. The van der Waals surface area contributed by atoms with Gasteiger partial charge in [0, 0.05) is 29.8 Å². The van der Waals surface area contributed by atoms with E-state index < -0.39 is 0 Å². The van der Waals surface area contributed by atoms with Crippen LogP contribution >= 0.6 is 23.2 Å². The van der Waals surface area contributed by atoms with E-state index in [4.69, 9.17) is 33.9 Å². The lowest BCUT2D eigenvalue weighted by molar-refractivity contribution is -0.119. The van der Waals surface area contributed by atoms with Gasteiger partial charge in [0.05, 0.1) is 33.6 Å². The van der Waals surface area contributed by atoms with E-state index in [9.17, 15) is 15.0 Å². The number of nitrogens with two attached hydrogens (primary N) is 1. The van der Waals surface area contributed by atoms with Crippen molar-refractivity contribution in [3.05, 3.63) is 46.1 Å². The van der Waals surface area contributed by atoms with Crippen molar-refractivity contribution in [1.82, 2.24) is 9.97 Å². The van der Waals surface area contributed by atoms with Crippen LogP contribution in [0.5, 0.6) is 5.75 Å². The van der Waals surface area contributed by atoms with E-state index >= 15 is 0 Å². The van der Waals surface area contributed by atoms with Crippen molar-refractivity contribution in [1.29, 1.82) is 0 Å². The van der Waals surface area contributed by atoms with E-state index in [1.165, 1.54) is 0 Å². The molecule has 1 aliphatic carbocycles. The lowest BCUT2D eigenvalue weighted by atomic mass is 9.84. The molecule has 0 aliphatic heterocycles. The SMILES string of the molecule is NC(=O)CC1CCC(Nc2c(CO)cnc3ccc(-c4cc(Cl)c(O)c(Cl)c4)nc23)CC1. The minimum atomic E-state index is -0.254. The summed E-state index contributed by atoms with van der Waals surface area (Å²) in [6.07, 6.45) is 5.71. The zero-order valence-corrected chi connectivity index (χ0v) is 18.8. The Balaban J connectivity index is 1.67. The number of nitrogens with zero attached hydrogens (tertiary/aromatic N) is 2. The smallest absolute Gasteiger partial charge is 0.217 e. The van der Waals surface area contributed by atoms with Crippen LogP contribution < -0.4 is 11.1 Å². The number of benzene rings is 1. The highest BCUT2D eigenvalue weighted by molar-refractivity contribution is 6.37. The molecule has 0 spiro atoms. The van der Waals surface area contributed by atoms with Crippen molar-refractivity contribution < 1.29 is 15.0 Å². The average molecular weight is 475 g/mol. The van der Waals surface area contributed by atoms with Crippen LogP contribution in [0, 0.1) is 5.92 Å². The normalized spacial score (nSPS) is 18.6. The molecule has 2 heterocycles. The number of rotatable bonds is 6. The predicted octanol–water partition coefficient (Wildman–Crippen LogP) is 4.65. The highest BCUT2D eigenvalue weighted by atomic mass is 35.5. The molecule has 1 amide bonds. The Morgan fingerprint density at radius 1 is 1.16 bits per heavy atom. The number of phenols is 1. The zero-order chi connectivity index (χ0) is 22.8. The lowest BCUT2D eigenvalue weighted by Gasteiger charge is -2.30. The molecule has 3 aromatic rings. The van der Waals surface area contributed by atoms with Crippen LogP contribution in [0.25, 0.3) is 22.3 Å². The number of aliphatic hydroxyl groups excluding tert-OH is 1. The van der Waals surface area contributed by atoms with Gasteiger partial charge in [0.25, 0.3) is 0 Å². The first-order chi connectivity index (χ1) is 15.4. The van der Waals surface area contributed by atoms with Gasteiger partial charge in [-0.3, -0.25) is 9.78 Å². The summed E-state index contributed by atoms with van der Waals surface area (Å²) in [6, 6.07) is 7.06. The third-order valence-corrected chi connectivity index (χ3v) is 6.54. The molecule has 0 atom stereocenters. The van der Waals surface area contributed by atoms with Crippen molar-refractivity contribution in [2.24, 2.45) is 11.7 Å². The number of carbonyl (C=O) groups excluding carboxylic acids is 1. The van der Waals surface area contributed by atoms with Gasteiger partial charge < -0.3 is 21.3 Å². The largest absolute Gasteiger partial charge is 0.505 e. The van der Waals surface area contributed by atoms with Gasteiger partial charge in [-0.1, -0.05) is 23.2 Å². The fraction of sp³-hybridized carbons (Fsp3) is 0.348. The molecule has 4 rings (SSSR count). The van der Waals surface area contributed by atoms with E-state index in [1.807, 2.05) is 12.1 Å². The van der Waals surface area contributed by atoms with Crippen molar-refractivity contribution in [2.45, 2.75) is 44.8 Å². The topological polar surface area (TPSA) is 121 Å². The van der Waals surface area contributed by atoms with Crippen molar-refractivity contribution in [2.75, 3.05) is 5.32 Å². The molecular weight excluding hydrogens is 451 g/mol. The number of aliphatic hydroxyl groups is 1. The Bertz CT molecular complexity index is 1140. The number of hydrogen-bond acceptors (Lipinski definition) is 6. The summed E-state index contributed by atoms with van der Waals surface area (Å²) >= 11 is 12.2. The second-order valence-electron chi connectivity index (χ2n) is 8.20. The van der Waals surface area contributed by atoms with E-state index in [0.717, 1.165) is 31.4 Å². The molecule has 168 valence electrons. The summed E-state index contributed by atoms with van der Waals surface area (Å²) in [5.41, 5.74) is 9.34. The van der Waals surface area contributed by atoms with Gasteiger partial charge in [-0.2, -0.15) is 0 Å². The molecule has 0 bridgehead atoms. The number of hydrogen-bond donors (Lipinski definition) is 4. The number of carbonyl (C=O) groups is 1. The summed E-state index contributed by atoms with van der Waals surface area (Å²) in [5.74, 6) is -0.0996. The number of amides is 1. The van der Waals surface area contributed by atoms with Gasteiger partial charge in [-0.05, 0) is 55.9 Å². The van der Waals surface area contributed by atoms with Crippen LogP contribution in [0.15, 0.2) is 30.5 Å². The van der Waals surface area contributed by atoms with Gasteiger partial charge >= 0.3 is 0 Å².